The lowest BCUT2D eigenvalue weighted by atomic mass is 9.85. The normalized spacial score (nSPS) is 15.6. The van der Waals surface area contributed by atoms with E-state index in [0.717, 1.165) is 30.1 Å². The van der Waals surface area contributed by atoms with Crippen LogP contribution < -0.4 is 0 Å². The number of benzene rings is 1. The van der Waals surface area contributed by atoms with Crippen molar-refractivity contribution >= 4 is 0 Å². The van der Waals surface area contributed by atoms with Crippen LogP contribution in [0.15, 0.2) is 24.3 Å². The Balaban J connectivity index is 1.81. The highest BCUT2D eigenvalue weighted by molar-refractivity contribution is 5.36. The van der Waals surface area contributed by atoms with Crippen molar-refractivity contribution < 1.29 is 4.39 Å². The second kappa shape index (κ2) is 6.69. The summed E-state index contributed by atoms with van der Waals surface area (Å²) in [5.41, 5.74) is 1.95. The Labute approximate surface area is 129 Å². The van der Waals surface area contributed by atoms with Gasteiger partial charge in [0.25, 0.3) is 0 Å². The standard InChI is InChI=1S/C17H19FN4/c18-14-7-9-15(10-8-14)22-17(16(12-19)20-21-22)11-6-13-4-2-1-3-5-13/h7-10,13H,1-6,11H2. The van der Waals surface area contributed by atoms with Gasteiger partial charge in [-0.25, -0.2) is 9.07 Å². The Morgan fingerprint density at radius 2 is 1.91 bits per heavy atom. The highest BCUT2D eigenvalue weighted by atomic mass is 19.1. The number of nitrogens with zero attached hydrogens (tertiary/aromatic N) is 4. The molecule has 0 spiro atoms. The van der Waals surface area contributed by atoms with E-state index < -0.39 is 0 Å². The largest absolute Gasteiger partial charge is 0.216 e. The van der Waals surface area contributed by atoms with Gasteiger partial charge < -0.3 is 0 Å². The molecule has 5 heteroatoms. The minimum atomic E-state index is -0.284. The molecule has 1 aromatic heterocycles. The second-order valence-corrected chi connectivity index (χ2v) is 5.93. The summed E-state index contributed by atoms with van der Waals surface area (Å²) in [7, 11) is 0. The van der Waals surface area contributed by atoms with E-state index in [-0.39, 0.29) is 5.82 Å². The fraction of sp³-hybridized carbons (Fsp3) is 0.471. The fourth-order valence-electron chi connectivity index (χ4n) is 3.22. The Bertz CT molecular complexity index is 663. The summed E-state index contributed by atoms with van der Waals surface area (Å²) in [4.78, 5) is 0. The summed E-state index contributed by atoms with van der Waals surface area (Å²) >= 11 is 0. The molecule has 1 aliphatic rings. The van der Waals surface area contributed by atoms with Gasteiger partial charge in [-0.2, -0.15) is 5.26 Å². The number of hydrogen-bond donors (Lipinski definition) is 0. The minimum Gasteiger partial charge on any atom is -0.216 e. The van der Waals surface area contributed by atoms with E-state index in [4.69, 9.17) is 0 Å². The molecule has 3 rings (SSSR count). The summed E-state index contributed by atoms with van der Waals surface area (Å²) in [6.45, 7) is 0. The number of rotatable bonds is 4. The molecule has 0 radical (unpaired) electrons. The lowest BCUT2D eigenvalue weighted by molar-refractivity contribution is 0.337. The van der Waals surface area contributed by atoms with Crippen molar-refractivity contribution in [2.45, 2.75) is 44.9 Å². The van der Waals surface area contributed by atoms with Crippen molar-refractivity contribution in [3.05, 3.63) is 41.5 Å². The molecule has 1 saturated carbocycles. The zero-order chi connectivity index (χ0) is 15.4. The van der Waals surface area contributed by atoms with E-state index in [0.29, 0.717) is 5.69 Å². The quantitative estimate of drug-likeness (QED) is 0.863. The molecule has 0 atom stereocenters. The molecule has 0 aliphatic heterocycles. The summed E-state index contributed by atoms with van der Waals surface area (Å²) in [5, 5.41) is 17.3. The van der Waals surface area contributed by atoms with Crippen LogP contribution in [0.2, 0.25) is 0 Å². The third kappa shape index (κ3) is 3.16. The van der Waals surface area contributed by atoms with Crippen molar-refractivity contribution in [3.8, 4) is 11.8 Å². The first-order chi connectivity index (χ1) is 10.8. The Hall–Kier alpha value is -2.22. The van der Waals surface area contributed by atoms with Crippen LogP contribution >= 0.6 is 0 Å². The maximum absolute atomic E-state index is 13.1. The molecule has 114 valence electrons. The number of halogens is 1. The molecule has 22 heavy (non-hydrogen) atoms. The lowest BCUT2D eigenvalue weighted by Crippen LogP contribution is -2.10. The van der Waals surface area contributed by atoms with Crippen LogP contribution in [-0.4, -0.2) is 15.0 Å². The first-order valence-electron chi connectivity index (χ1n) is 7.88. The summed E-state index contributed by atoms with van der Waals surface area (Å²) in [6.07, 6.45) is 8.37. The molecule has 2 aromatic rings. The molecule has 0 amide bonds. The SMILES string of the molecule is N#Cc1nnn(-c2ccc(F)cc2)c1CCC1CCCCC1. The van der Waals surface area contributed by atoms with E-state index in [1.165, 1.54) is 44.2 Å². The molecule has 4 nitrogen and oxygen atoms in total. The zero-order valence-corrected chi connectivity index (χ0v) is 12.5. The second-order valence-electron chi connectivity index (χ2n) is 5.93. The van der Waals surface area contributed by atoms with Crippen molar-refractivity contribution in [2.24, 2.45) is 5.92 Å². The van der Waals surface area contributed by atoms with Crippen LogP contribution in [-0.2, 0) is 6.42 Å². The lowest BCUT2D eigenvalue weighted by Gasteiger charge is -2.21. The van der Waals surface area contributed by atoms with Gasteiger partial charge in [-0.3, -0.25) is 0 Å². The Kier molecular flexibility index (Phi) is 4.47. The Morgan fingerprint density at radius 1 is 1.18 bits per heavy atom. The first-order valence-corrected chi connectivity index (χ1v) is 7.88. The fourth-order valence-corrected chi connectivity index (χ4v) is 3.22. The molecular formula is C17H19FN4. The molecule has 0 unspecified atom stereocenters. The molecule has 1 aromatic carbocycles. The van der Waals surface area contributed by atoms with Crippen LogP contribution in [0.3, 0.4) is 0 Å². The topological polar surface area (TPSA) is 54.5 Å². The van der Waals surface area contributed by atoms with Gasteiger partial charge in [0.15, 0.2) is 5.69 Å². The number of hydrogen-bond acceptors (Lipinski definition) is 3. The van der Waals surface area contributed by atoms with Crippen LogP contribution in [0.25, 0.3) is 5.69 Å². The third-order valence-electron chi connectivity index (χ3n) is 4.45. The molecular weight excluding hydrogens is 279 g/mol. The van der Waals surface area contributed by atoms with Crippen molar-refractivity contribution in [1.82, 2.24) is 15.0 Å². The van der Waals surface area contributed by atoms with Gasteiger partial charge in [0.1, 0.15) is 11.9 Å². The van der Waals surface area contributed by atoms with Crippen molar-refractivity contribution in [1.29, 1.82) is 5.26 Å². The smallest absolute Gasteiger partial charge is 0.186 e. The van der Waals surface area contributed by atoms with E-state index in [2.05, 4.69) is 16.4 Å². The predicted molar refractivity (Wildman–Crippen MR) is 80.9 cm³/mol. The van der Waals surface area contributed by atoms with Gasteiger partial charge in [0, 0.05) is 0 Å². The average Bonchev–Trinajstić information content (AvgIpc) is 2.97. The summed E-state index contributed by atoms with van der Waals surface area (Å²) < 4.78 is 14.7. The van der Waals surface area contributed by atoms with Gasteiger partial charge >= 0.3 is 0 Å². The van der Waals surface area contributed by atoms with Gasteiger partial charge in [0.05, 0.1) is 11.4 Å². The maximum atomic E-state index is 13.1. The van der Waals surface area contributed by atoms with E-state index in [1.54, 1.807) is 16.8 Å². The van der Waals surface area contributed by atoms with Gasteiger partial charge in [-0.15, -0.1) is 5.10 Å². The summed E-state index contributed by atoms with van der Waals surface area (Å²) in [5.74, 6) is 0.449. The molecule has 1 fully saturated rings. The van der Waals surface area contributed by atoms with Crippen molar-refractivity contribution in [3.63, 3.8) is 0 Å². The Morgan fingerprint density at radius 3 is 2.59 bits per heavy atom. The van der Waals surface area contributed by atoms with Crippen molar-refractivity contribution in [2.75, 3.05) is 0 Å². The first kappa shape index (κ1) is 14.7. The summed E-state index contributed by atoms with van der Waals surface area (Å²) in [6, 6.07) is 8.23. The monoisotopic (exact) mass is 298 g/mol. The highest BCUT2D eigenvalue weighted by Crippen LogP contribution is 2.28. The highest BCUT2D eigenvalue weighted by Gasteiger charge is 2.18. The minimum absolute atomic E-state index is 0.284. The molecule has 1 heterocycles. The third-order valence-corrected chi connectivity index (χ3v) is 4.45. The molecule has 0 bridgehead atoms. The zero-order valence-electron chi connectivity index (χ0n) is 12.5. The number of nitriles is 1. The maximum Gasteiger partial charge on any atom is 0.186 e. The van der Waals surface area contributed by atoms with Crippen LogP contribution in [0, 0.1) is 23.1 Å². The average molecular weight is 298 g/mol. The molecule has 1 aliphatic carbocycles. The van der Waals surface area contributed by atoms with Crippen LogP contribution in [0.1, 0.15) is 49.9 Å². The van der Waals surface area contributed by atoms with Crippen LogP contribution in [0.5, 0.6) is 0 Å². The van der Waals surface area contributed by atoms with E-state index in [9.17, 15) is 9.65 Å². The molecule has 0 saturated heterocycles. The van der Waals surface area contributed by atoms with Gasteiger partial charge in [0.2, 0.25) is 0 Å². The number of aromatic nitrogens is 3. The van der Waals surface area contributed by atoms with E-state index in [1.807, 2.05) is 0 Å². The van der Waals surface area contributed by atoms with Gasteiger partial charge in [-0.05, 0) is 43.0 Å². The van der Waals surface area contributed by atoms with E-state index >= 15 is 0 Å². The molecule has 0 N–H and O–H groups in total. The van der Waals surface area contributed by atoms with Gasteiger partial charge in [-0.1, -0.05) is 37.3 Å². The van der Waals surface area contributed by atoms with Crippen LogP contribution in [0.4, 0.5) is 4.39 Å². The predicted octanol–water partition coefficient (Wildman–Crippen LogP) is 3.79.